The molecule has 1 heterocycles. The van der Waals surface area contributed by atoms with Crippen LogP contribution in [0.3, 0.4) is 0 Å². The molecule has 0 atom stereocenters. The average Bonchev–Trinajstić information content (AvgIpc) is 2.45. The number of hydrogen-bond acceptors (Lipinski definition) is 4. The Morgan fingerprint density at radius 2 is 1.95 bits per heavy atom. The lowest BCUT2D eigenvalue weighted by Gasteiger charge is -2.14. The van der Waals surface area contributed by atoms with Gasteiger partial charge in [-0.05, 0) is 52.6 Å². The predicted molar refractivity (Wildman–Crippen MR) is 89.7 cm³/mol. The summed E-state index contributed by atoms with van der Waals surface area (Å²) in [5, 5.41) is 0.914. The maximum Gasteiger partial charge on any atom is 0.336 e. The van der Waals surface area contributed by atoms with Gasteiger partial charge in [-0.15, -0.1) is 0 Å². The molecule has 0 aliphatic carbocycles. The maximum atomic E-state index is 11.6. The van der Waals surface area contributed by atoms with Gasteiger partial charge in [0.2, 0.25) is 0 Å². The van der Waals surface area contributed by atoms with Crippen LogP contribution in [0.2, 0.25) is 0 Å². The van der Waals surface area contributed by atoms with Crippen molar-refractivity contribution >= 4 is 11.0 Å². The monoisotopic (exact) mass is 301 g/mol. The van der Waals surface area contributed by atoms with E-state index in [0.29, 0.717) is 18.6 Å². The molecule has 0 bridgehead atoms. The van der Waals surface area contributed by atoms with Gasteiger partial charge in [-0.25, -0.2) is 4.79 Å². The van der Waals surface area contributed by atoms with E-state index in [2.05, 4.69) is 11.0 Å². The molecule has 2 aromatic rings. The van der Waals surface area contributed by atoms with Gasteiger partial charge in [-0.2, -0.15) is 0 Å². The molecule has 0 spiro atoms. The molecule has 0 aliphatic heterocycles. The van der Waals surface area contributed by atoms with Gasteiger partial charge in [0.05, 0.1) is 0 Å². The van der Waals surface area contributed by atoms with E-state index in [1.54, 1.807) is 6.07 Å². The smallest absolute Gasteiger partial charge is 0.336 e. The van der Waals surface area contributed by atoms with Crippen molar-refractivity contribution in [3.05, 3.63) is 51.9 Å². The van der Waals surface area contributed by atoms with Gasteiger partial charge in [0.15, 0.2) is 0 Å². The SMILES string of the molecule is CC(C)=CCc1c(OCCN(C)C)ccc2ccc(=O)oc12. The molecule has 1 aromatic carbocycles. The van der Waals surface area contributed by atoms with Crippen molar-refractivity contribution in [1.29, 1.82) is 0 Å². The first-order chi connectivity index (χ1) is 10.5. The number of rotatable bonds is 6. The molecule has 1 aromatic heterocycles. The van der Waals surface area contributed by atoms with Gasteiger partial charge in [-0.1, -0.05) is 11.6 Å². The minimum atomic E-state index is -0.337. The zero-order valence-electron chi connectivity index (χ0n) is 13.7. The molecular formula is C18H23NO3. The van der Waals surface area contributed by atoms with Crippen LogP contribution in [-0.4, -0.2) is 32.1 Å². The highest BCUT2D eigenvalue weighted by atomic mass is 16.5. The topological polar surface area (TPSA) is 42.7 Å². The maximum absolute atomic E-state index is 11.6. The summed E-state index contributed by atoms with van der Waals surface area (Å²) in [6.07, 6.45) is 2.80. The van der Waals surface area contributed by atoms with Gasteiger partial charge in [0, 0.05) is 23.6 Å². The Balaban J connectivity index is 2.42. The normalized spacial score (nSPS) is 11.0. The lowest BCUT2D eigenvalue weighted by molar-refractivity contribution is 0.260. The van der Waals surface area contributed by atoms with Crippen LogP contribution in [0.1, 0.15) is 19.4 Å². The summed E-state index contributed by atoms with van der Waals surface area (Å²) in [5.74, 6) is 0.779. The minimum Gasteiger partial charge on any atom is -0.492 e. The molecule has 0 N–H and O–H groups in total. The molecule has 118 valence electrons. The lowest BCUT2D eigenvalue weighted by Crippen LogP contribution is -2.19. The fraction of sp³-hybridized carbons (Fsp3) is 0.389. The van der Waals surface area contributed by atoms with Gasteiger partial charge < -0.3 is 14.1 Å². The molecule has 0 fully saturated rings. The second kappa shape index (κ2) is 7.27. The van der Waals surface area contributed by atoms with E-state index < -0.39 is 0 Å². The van der Waals surface area contributed by atoms with Gasteiger partial charge >= 0.3 is 5.63 Å². The molecule has 0 unspecified atom stereocenters. The van der Waals surface area contributed by atoms with Crippen LogP contribution in [0, 0.1) is 0 Å². The quantitative estimate of drug-likeness (QED) is 0.607. The Morgan fingerprint density at radius 1 is 1.23 bits per heavy atom. The molecular weight excluding hydrogens is 278 g/mol. The third-order valence-electron chi connectivity index (χ3n) is 3.36. The Hall–Kier alpha value is -2.07. The Kier molecular flexibility index (Phi) is 5.39. The first-order valence-electron chi connectivity index (χ1n) is 7.44. The van der Waals surface area contributed by atoms with E-state index in [1.165, 1.54) is 11.6 Å². The Morgan fingerprint density at radius 3 is 2.64 bits per heavy atom. The number of benzene rings is 1. The van der Waals surface area contributed by atoms with Crippen LogP contribution in [0.4, 0.5) is 0 Å². The molecule has 0 aliphatic rings. The molecule has 4 heteroatoms. The summed E-state index contributed by atoms with van der Waals surface area (Å²) in [4.78, 5) is 13.6. The molecule has 0 radical (unpaired) electrons. The van der Waals surface area contributed by atoms with Crippen molar-refractivity contribution in [1.82, 2.24) is 4.90 Å². The molecule has 4 nitrogen and oxygen atoms in total. The van der Waals surface area contributed by atoms with E-state index in [1.807, 2.05) is 40.1 Å². The zero-order valence-corrected chi connectivity index (χ0v) is 13.7. The van der Waals surface area contributed by atoms with E-state index >= 15 is 0 Å². The largest absolute Gasteiger partial charge is 0.492 e. The predicted octanol–water partition coefficient (Wildman–Crippen LogP) is 3.24. The Bertz CT molecular complexity index is 725. The third-order valence-corrected chi connectivity index (χ3v) is 3.36. The lowest BCUT2D eigenvalue weighted by atomic mass is 10.1. The van der Waals surface area contributed by atoms with E-state index in [4.69, 9.17) is 9.15 Å². The minimum absolute atomic E-state index is 0.337. The summed E-state index contributed by atoms with van der Waals surface area (Å²) in [7, 11) is 4.01. The molecule has 22 heavy (non-hydrogen) atoms. The first kappa shape index (κ1) is 16.3. The van der Waals surface area contributed by atoms with Crippen molar-refractivity contribution in [2.45, 2.75) is 20.3 Å². The molecule has 2 rings (SSSR count). The molecule has 0 saturated carbocycles. The highest BCUT2D eigenvalue weighted by molar-refractivity contribution is 5.82. The van der Waals surface area contributed by atoms with Crippen LogP contribution in [0.15, 0.2) is 45.1 Å². The van der Waals surface area contributed by atoms with Crippen molar-refractivity contribution in [3.63, 3.8) is 0 Å². The summed E-state index contributed by atoms with van der Waals surface area (Å²) in [5.41, 5.74) is 2.42. The van der Waals surface area contributed by atoms with Crippen molar-refractivity contribution in [3.8, 4) is 5.75 Å². The van der Waals surface area contributed by atoms with Crippen LogP contribution in [0.5, 0.6) is 5.75 Å². The number of allylic oxidation sites excluding steroid dienone is 2. The van der Waals surface area contributed by atoms with Crippen LogP contribution < -0.4 is 10.4 Å². The van der Waals surface area contributed by atoms with Gasteiger partial charge in [-0.3, -0.25) is 0 Å². The summed E-state index contributed by atoms with van der Waals surface area (Å²) in [6.45, 7) is 5.53. The highest BCUT2D eigenvalue weighted by Crippen LogP contribution is 2.28. The third kappa shape index (κ3) is 4.21. The second-order valence-corrected chi connectivity index (χ2v) is 5.85. The van der Waals surface area contributed by atoms with Crippen molar-refractivity contribution in [2.24, 2.45) is 0 Å². The summed E-state index contributed by atoms with van der Waals surface area (Å²) >= 11 is 0. The fourth-order valence-electron chi connectivity index (χ4n) is 2.14. The van der Waals surface area contributed by atoms with Crippen molar-refractivity contribution in [2.75, 3.05) is 27.2 Å². The average molecular weight is 301 g/mol. The van der Waals surface area contributed by atoms with E-state index in [-0.39, 0.29) is 5.63 Å². The number of likely N-dealkylation sites (N-methyl/N-ethyl adjacent to an activating group) is 1. The molecule has 0 amide bonds. The van der Waals surface area contributed by atoms with Crippen LogP contribution >= 0.6 is 0 Å². The summed E-state index contributed by atoms with van der Waals surface area (Å²) in [6, 6.07) is 7.11. The molecule has 0 saturated heterocycles. The van der Waals surface area contributed by atoms with Crippen LogP contribution in [-0.2, 0) is 6.42 Å². The highest BCUT2D eigenvalue weighted by Gasteiger charge is 2.11. The number of fused-ring (bicyclic) bond motifs is 1. The standard InChI is InChI=1S/C18H23NO3/c1-13(2)5-8-15-16(21-12-11-19(3)4)9-6-14-7-10-17(20)22-18(14)15/h5-7,9-10H,8,11-12H2,1-4H3. The van der Waals surface area contributed by atoms with E-state index in [9.17, 15) is 4.79 Å². The van der Waals surface area contributed by atoms with Crippen molar-refractivity contribution < 1.29 is 9.15 Å². The van der Waals surface area contributed by atoms with Crippen LogP contribution in [0.25, 0.3) is 11.0 Å². The Labute approximate surface area is 131 Å². The van der Waals surface area contributed by atoms with Gasteiger partial charge in [0.25, 0.3) is 0 Å². The zero-order chi connectivity index (χ0) is 16.1. The van der Waals surface area contributed by atoms with Gasteiger partial charge in [0.1, 0.15) is 17.9 Å². The fourth-order valence-corrected chi connectivity index (χ4v) is 2.14. The first-order valence-corrected chi connectivity index (χ1v) is 7.44. The van der Waals surface area contributed by atoms with E-state index in [0.717, 1.165) is 23.2 Å². The summed E-state index contributed by atoms with van der Waals surface area (Å²) < 4.78 is 11.3. The number of ether oxygens (including phenoxy) is 1. The number of nitrogens with zero attached hydrogens (tertiary/aromatic N) is 1. The number of hydrogen-bond donors (Lipinski definition) is 0. The second-order valence-electron chi connectivity index (χ2n) is 5.85.